The Hall–Kier alpha value is -1.61. The largest absolute Gasteiger partial charge is 0.454 e. The summed E-state index contributed by atoms with van der Waals surface area (Å²) in [5.74, 6) is -0.383. The fourth-order valence-corrected chi connectivity index (χ4v) is 2.09. The molecule has 0 aliphatic heterocycles. The van der Waals surface area contributed by atoms with Gasteiger partial charge in [0.25, 0.3) is 0 Å². The molecule has 0 bridgehead atoms. The average Bonchev–Trinajstić information content (AvgIpc) is 2.47. The number of rotatable bonds is 9. The molecule has 20 heavy (non-hydrogen) atoms. The molecule has 1 aromatic carbocycles. The first-order chi connectivity index (χ1) is 9.71. The molecule has 3 heteroatoms. The fourth-order valence-electron chi connectivity index (χ4n) is 2.09. The van der Waals surface area contributed by atoms with Crippen molar-refractivity contribution in [3.63, 3.8) is 0 Å². The monoisotopic (exact) mass is 276 g/mol. The zero-order valence-electron chi connectivity index (χ0n) is 12.2. The molecule has 0 saturated carbocycles. The van der Waals surface area contributed by atoms with Crippen LogP contribution in [-0.4, -0.2) is 17.7 Å². The third-order valence-corrected chi connectivity index (χ3v) is 3.25. The van der Waals surface area contributed by atoms with Gasteiger partial charge in [-0.15, -0.1) is 0 Å². The molecule has 1 N–H and O–H groups in total. The molecule has 0 radical (unpaired) electrons. The molecule has 3 nitrogen and oxygen atoms in total. The van der Waals surface area contributed by atoms with Gasteiger partial charge in [-0.3, -0.25) is 0 Å². The zero-order valence-corrected chi connectivity index (χ0v) is 12.2. The molecule has 0 amide bonds. The molecule has 0 aliphatic carbocycles. The van der Waals surface area contributed by atoms with Crippen LogP contribution in [0.25, 0.3) is 0 Å². The zero-order chi connectivity index (χ0) is 14.8. The van der Waals surface area contributed by atoms with E-state index in [9.17, 15) is 4.79 Å². The van der Waals surface area contributed by atoms with Gasteiger partial charge in [0.05, 0.1) is 0 Å². The van der Waals surface area contributed by atoms with Gasteiger partial charge in [-0.1, -0.05) is 50.6 Å². The summed E-state index contributed by atoms with van der Waals surface area (Å²) in [6.07, 6.45) is 5.76. The van der Waals surface area contributed by atoms with E-state index in [1.54, 1.807) is 0 Å². The van der Waals surface area contributed by atoms with Crippen LogP contribution in [0.1, 0.15) is 49.8 Å². The lowest BCUT2D eigenvalue weighted by Crippen LogP contribution is -2.09. The van der Waals surface area contributed by atoms with Crippen LogP contribution in [0.3, 0.4) is 0 Å². The Morgan fingerprint density at radius 1 is 1.35 bits per heavy atom. The summed E-state index contributed by atoms with van der Waals surface area (Å²) >= 11 is 0. The van der Waals surface area contributed by atoms with Crippen molar-refractivity contribution in [2.45, 2.75) is 45.1 Å². The molecule has 1 rings (SSSR count). The van der Waals surface area contributed by atoms with E-state index in [0.717, 1.165) is 36.8 Å². The van der Waals surface area contributed by atoms with Gasteiger partial charge in [0.15, 0.2) is 0 Å². The molecular formula is C17H24O3. The number of unbranched alkanes of at least 4 members (excludes halogenated alkanes) is 2. The maximum atomic E-state index is 11.4. The fraction of sp³-hybridized carbons (Fsp3) is 0.471. The minimum absolute atomic E-state index is 0.144. The standard InChI is InChI=1S/C17H24O3/c1-3-5-6-7-16(20-17(19)4-2)15-10-8-14(9-11-15)12-13-18/h4,8-11,16,18H,2-3,5-7,12-13H2,1H3. The van der Waals surface area contributed by atoms with E-state index in [-0.39, 0.29) is 18.7 Å². The predicted octanol–water partition coefficient (Wildman–Crippen LogP) is 3.57. The van der Waals surface area contributed by atoms with E-state index >= 15 is 0 Å². The normalized spacial score (nSPS) is 11.9. The van der Waals surface area contributed by atoms with Gasteiger partial charge in [-0.25, -0.2) is 4.79 Å². The summed E-state index contributed by atoms with van der Waals surface area (Å²) < 4.78 is 5.43. The van der Waals surface area contributed by atoms with Crippen LogP contribution in [0.5, 0.6) is 0 Å². The molecule has 0 heterocycles. The van der Waals surface area contributed by atoms with E-state index < -0.39 is 0 Å². The van der Waals surface area contributed by atoms with Gasteiger partial charge < -0.3 is 9.84 Å². The number of ether oxygens (including phenoxy) is 1. The van der Waals surface area contributed by atoms with Crippen molar-refractivity contribution in [2.75, 3.05) is 6.61 Å². The van der Waals surface area contributed by atoms with E-state index in [4.69, 9.17) is 9.84 Å². The molecule has 0 saturated heterocycles. The first-order valence-electron chi connectivity index (χ1n) is 7.24. The van der Waals surface area contributed by atoms with Gasteiger partial charge in [0.1, 0.15) is 6.10 Å². The van der Waals surface area contributed by atoms with Crippen molar-refractivity contribution < 1.29 is 14.6 Å². The number of carbonyl (C=O) groups excluding carboxylic acids is 1. The number of hydrogen-bond acceptors (Lipinski definition) is 3. The Bertz CT molecular complexity index is 409. The lowest BCUT2D eigenvalue weighted by molar-refractivity contribution is -0.143. The number of aliphatic hydroxyl groups excluding tert-OH is 1. The van der Waals surface area contributed by atoms with Crippen molar-refractivity contribution in [1.29, 1.82) is 0 Å². The Balaban J connectivity index is 2.73. The van der Waals surface area contributed by atoms with Gasteiger partial charge in [-0.2, -0.15) is 0 Å². The van der Waals surface area contributed by atoms with Crippen LogP contribution in [0.4, 0.5) is 0 Å². The predicted molar refractivity (Wildman–Crippen MR) is 80.4 cm³/mol. The maximum Gasteiger partial charge on any atom is 0.330 e. The molecular weight excluding hydrogens is 252 g/mol. The van der Waals surface area contributed by atoms with E-state index in [1.807, 2.05) is 24.3 Å². The van der Waals surface area contributed by atoms with Crippen LogP contribution in [0.15, 0.2) is 36.9 Å². The lowest BCUT2D eigenvalue weighted by Gasteiger charge is -2.17. The summed E-state index contributed by atoms with van der Waals surface area (Å²) in [6.45, 7) is 5.73. The summed E-state index contributed by atoms with van der Waals surface area (Å²) in [7, 11) is 0. The minimum atomic E-state index is -0.383. The second kappa shape index (κ2) is 9.32. The summed E-state index contributed by atoms with van der Waals surface area (Å²) in [5, 5.41) is 8.91. The Labute approximate surface area is 121 Å². The van der Waals surface area contributed by atoms with Crippen molar-refractivity contribution in [3.8, 4) is 0 Å². The Kier molecular flexibility index (Phi) is 7.66. The highest BCUT2D eigenvalue weighted by Gasteiger charge is 2.14. The topological polar surface area (TPSA) is 46.5 Å². The summed E-state index contributed by atoms with van der Waals surface area (Å²) in [5.41, 5.74) is 2.08. The van der Waals surface area contributed by atoms with Crippen LogP contribution in [-0.2, 0) is 16.0 Å². The number of hydrogen-bond donors (Lipinski definition) is 1. The molecule has 1 aromatic rings. The van der Waals surface area contributed by atoms with Gasteiger partial charge in [0, 0.05) is 12.7 Å². The van der Waals surface area contributed by atoms with Crippen molar-refractivity contribution >= 4 is 5.97 Å². The Morgan fingerprint density at radius 2 is 2.05 bits per heavy atom. The number of carbonyl (C=O) groups is 1. The second-order valence-corrected chi connectivity index (χ2v) is 4.84. The number of esters is 1. The average molecular weight is 276 g/mol. The van der Waals surface area contributed by atoms with E-state index in [2.05, 4.69) is 13.5 Å². The highest BCUT2D eigenvalue weighted by Crippen LogP contribution is 2.24. The quantitative estimate of drug-likeness (QED) is 0.426. The number of aliphatic hydroxyl groups is 1. The van der Waals surface area contributed by atoms with Crippen LogP contribution in [0.2, 0.25) is 0 Å². The molecule has 0 spiro atoms. The smallest absolute Gasteiger partial charge is 0.330 e. The highest BCUT2D eigenvalue weighted by atomic mass is 16.5. The molecule has 1 atom stereocenters. The molecule has 0 fully saturated rings. The first-order valence-corrected chi connectivity index (χ1v) is 7.24. The molecule has 1 unspecified atom stereocenters. The Morgan fingerprint density at radius 3 is 2.60 bits per heavy atom. The van der Waals surface area contributed by atoms with E-state index in [1.165, 1.54) is 6.08 Å². The van der Waals surface area contributed by atoms with Crippen LogP contribution < -0.4 is 0 Å². The number of benzene rings is 1. The van der Waals surface area contributed by atoms with Crippen LogP contribution in [0, 0.1) is 0 Å². The summed E-state index contributed by atoms with van der Waals surface area (Å²) in [4.78, 5) is 11.4. The van der Waals surface area contributed by atoms with Crippen molar-refractivity contribution in [1.82, 2.24) is 0 Å². The summed E-state index contributed by atoms with van der Waals surface area (Å²) in [6, 6.07) is 7.89. The first kappa shape index (κ1) is 16.4. The van der Waals surface area contributed by atoms with E-state index in [0.29, 0.717) is 6.42 Å². The van der Waals surface area contributed by atoms with Crippen molar-refractivity contribution in [2.24, 2.45) is 0 Å². The second-order valence-electron chi connectivity index (χ2n) is 4.84. The van der Waals surface area contributed by atoms with Gasteiger partial charge >= 0.3 is 5.97 Å². The third-order valence-electron chi connectivity index (χ3n) is 3.25. The SMILES string of the molecule is C=CC(=O)OC(CCCCC)c1ccc(CCO)cc1. The molecule has 0 aliphatic rings. The van der Waals surface area contributed by atoms with Gasteiger partial charge in [0.2, 0.25) is 0 Å². The van der Waals surface area contributed by atoms with Crippen LogP contribution >= 0.6 is 0 Å². The van der Waals surface area contributed by atoms with Crippen molar-refractivity contribution in [3.05, 3.63) is 48.0 Å². The third kappa shape index (κ3) is 5.57. The van der Waals surface area contributed by atoms with Gasteiger partial charge in [-0.05, 0) is 30.4 Å². The lowest BCUT2D eigenvalue weighted by atomic mass is 10.0. The molecule has 0 aromatic heterocycles. The maximum absolute atomic E-state index is 11.4. The molecule has 110 valence electrons. The highest BCUT2D eigenvalue weighted by molar-refractivity contribution is 5.81. The minimum Gasteiger partial charge on any atom is -0.454 e.